The van der Waals surface area contributed by atoms with Crippen LogP contribution in [0, 0.1) is 5.92 Å². The molecule has 1 aromatic heterocycles. The molecule has 3 rings (SSSR count). The van der Waals surface area contributed by atoms with Crippen molar-refractivity contribution in [3.05, 3.63) is 5.89 Å². The first-order chi connectivity index (χ1) is 8.81. The van der Waals surface area contributed by atoms with E-state index in [4.69, 9.17) is 9.15 Å². The highest BCUT2D eigenvalue weighted by atomic mass is 16.5. The van der Waals surface area contributed by atoms with Crippen LogP contribution in [0.15, 0.2) is 4.42 Å². The smallest absolute Gasteiger partial charge is 0.315 e. The van der Waals surface area contributed by atoms with Crippen molar-refractivity contribution >= 4 is 6.01 Å². The Kier molecular flexibility index (Phi) is 3.47. The van der Waals surface area contributed by atoms with Crippen molar-refractivity contribution < 1.29 is 9.15 Å². The van der Waals surface area contributed by atoms with Crippen LogP contribution in [0.2, 0.25) is 0 Å². The fourth-order valence-electron chi connectivity index (χ4n) is 2.16. The molecule has 2 atom stereocenters. The van der Waals surface area contributed by atoms with Crippen molar-refractivity contribution in [2.75, 3.05) is 18.5 Å². The fraction of sp³-hybridized carbons (Fsp3) is 0.833. The number of hydrogen-bond acceptors (Lipinski definition) is 6. The van der Waals surface area contributed by atoms with Crippen LogP contribution in [0.4, 0.5) is 6.01 Å². The Morgan fingerprint density at radius 3 is 2.94 bits per heavy atom. The highest BCUT2D eigenvalue weighted by Crippen LogP contribution is 2.20. The summed E-state index contributed by atoms with van der Waals surface area (Å²) in [4.78, 5) is 0. The van der Waals surface area contributed by atoms with Gasteiger partial charge in [-0.05, 0) is 25.2 Å². The molecule has 0 spiro atoms. The van der Waals surface area contributed by atoms with Crippen LogP contribution < -0.4 is 10.6 Å². The van der Waals surface area contributed by atoms with Crippen molar-refractivity contribution in [2.45, 2.75) is 44.8 Å². The van der Waals surface area contributed by atoms with Gasteiger partial charge in [-0.15, -0.1) is 5.10 Å². The van der Waals surface area contributed by atoms with Crippen LogP contribution in [0.25, 0.3) is 0 Å². The molecular weight excluding hydrogens is 232 g/mol. The summed E-state index contributed by atoms with van der Waals surface area (Å²) in [5.41, 5.74) is 0. The van der Waals surface area contributed by atoms with E-state index in [0.29, 0.717) is 36.5 Å². The first-order valence-electron chi connectivity index (χ1n) is 6.71. The molecule has 100 valence electrons. The van der Waals surface area contributed by atoms with Gasteiger partial charge in [0, 0.05) is 18.7 Å². The van der Waals surface area contributed by atoms with Gasteiger partial charge in [0.25, 0.3) is 0 Å². The van der Waals surface area contributed by atoms with Gasteiger partial charge >= 0.3 is 6.01 Å². The topological polar surface area (TPSA) is 72.2 Å². The fourth-order valence-corrected chi connectivity index (χ4v) is 2.16. The van der Waals surface area contributed by atoms with Crippen LogP contribution in [0.3, 0.4) is 0 Å². The largest absolute Gasteiger partial charge is 0.407 e. The molecule has 2 unspecified atom stereocenters. The van der Waals surface area contributed by atoms with Crippen molar-refractivity contribution in [3.63, 3.8) is 0 Å². The monoisotopic (exact) mass is 252 g/mol. The summed E-state index contributed by atoms with van der Waals surface area (Å²) in [6.45, 7) is 4.43. The molecule has 1 saturated carbocycles. The highest BCUT2D eigenvalue weighted by Gasteiger charge is 2.24. The molecule has 1 aliphatic carbocycles. The maximum absolute atomic E-state index is 5.58. The van der Waals surface area contributed by atoms with E-state index in [9.17, 15) is 0 Å². The van der Waals surface area contributed by atoms with Crippen molar-refractivity contribution in [3.8, 4) is 0 Å². The Labute approximate surface area is 106 Å². The molecule has 6 heteroatoms. The van der Waals surface area contributed by atoms with Crippen LogP contribution in [-0.2, 0) is 11.3 Å². The van der Waals surface area contributed by atoms with E-state index in [1.165, 1.54) is 12.8 Å². The summed E-state index contributed by atoms with van der Waals surface area (Å²) < 4.78 is 11.0. The minimum absolute atomic E-state index is 0.364. The molecule has 2 aliphatic rings. The molecule has 0 radical (unpaired) electrons. The molecule has 2 heterocycles. The number of aromatic nitrogens is 2. The maximum Gasteiger partial charge on any atom is 0.315 e. The Hall–Kier alpha value is -1.14. The predicted octanol–water partition coefficient (Wildman–Crippen LogP) is 1.16. The molecule has 2 fully saturated rings. The Balaban J connectivity index is 1.51. The second-order valence-corrected chi connectivity index (χ2v) is 5.25. The van der Waals surface area contributed by atoms with Gasteiger partial charge in [0.1, 0.15) is 0 Å². The zero-order valence-corrected chi connectivity index (χ0v) is 10.7. The normalized spacial score (nSPS) is 28.3. The zero-order chi connectivity index (χ0) is 12.4. The van der Waals surface area contributed by atoms with Gasteiger partial charge in [-0.1, -0.05) is 12.0 Å². The van der Waals surface area contributed by atoms with Crippen molar-refractivity contribution in [1.29, 1.82) is 0 Å². The number of hydrogen-bond donors (Lipinski definition) is 2. The second-order valence-electron chi connectivity index (χ2n) is 5.25. The SMILES string of the molecule is CC1COCCC1Nc1nnc(CNC2CC2)o1. The third-order valence-corrected chi connectivity index (χ3v) is 3.54. The molecule has 18 heavy (non-hydrogen) atoms. The summed E-state index contributed by atoms with van der Waals surface area (Å²) in [6, 6.07) is 1.55. The van der Waals surface area contributed by atoms with E-state index in [1.807, 2.05) is 0 Å². The van der Waals surface area contributed by atoms with E-state index in [2.05, 4.69) is 27.8 Å². The molecule has 0 bridgehead atoms. The highest BCUT2D eigenvalue weighted by molar-refractivity contribution is 5.20. The summed E-state index contributed by atoms with van der Waals surface area (Å²) in [5, 5.41) is 14.7. The molecule has 1 aliphatic heterocycles. The third kappa shape index (κ3) is 3.00. The predicted molar refractivity (Wildman–Crippen MR) is 66.2 cm³/mol. The number of nitrogens with one attached hydrogen (secondary N) is 2. The summed E-state index contributed by atoms with van der Waals surface area (Å²) in [5.74, 6) is 1.13. The van der Waals surface area contributed by atoms with Crippen LogP contribution in [0.5, 0.6) is 0 Å². The maximum atomic E-state index is 5.58. The minimum atomic E-state index is 0.364. The van der Waals surface area contributed by atoms with Gasteiger partial charge in [0.2, 0.25) is 5.89 Å². The first-order valence-corrected chi connectivity index (χ1v) is 6.71. The van der Waals surface area contributed by atoms with E-state index in [0.717, 1.165) is 19.6 Å². The van der Waals surface area contributed by atoms with Crippen LogP contribution in [0.1, 0.15) is 32.1 Å². The van der Waals surface area contributed by atoms with Crippen LogP contribution >= 0.6 is 0 Å². The Morgan fingerprint density at radius 1 is 1.28 bits per heavy atom. The van der Waals surface area contributed by atoms with Crippen LogP contribution in [-0.4, -0.2) is 35.5 Å². The minimum Gasteiger partial charge on any atom is -0.407 e. The average molecular weight is 252 g/mol. The summed E-state index contributed by atoms with van der Waals surface area (Å²) in [6.07, 6.45) is 3.51. The van der Waals surface area contributed by atoms with E-state index < -0.39 is 0 Å². The number of ether oxygens (including phenoxy) is 1. The number of anilines is 1. The molecule has 0 aromatic carbocycles. The van der Waals surface area contributed by atoms with Gasteiger partial charge in [-0.3, -0.25) is 0 Å². The lowest BCUT2D eigenvalue weighted by atomic mass is 9.98. The Bertz CT molecular complexity index is 391. The van der Waals surface area contributed by atoms with Crippen molar-refractivity contribution in [2.24, 2.45) is 5.92 Å². The first kappa shape index (κ1) is 11.9. The zero-order valence-electron chi connectivity index (χ0n) is 10.7. The Morgan fingerprint density at radius 2 is 2.17 bits per heavy atom. The molecular formula is C12H20N4O2. The number of nitrogens with zero attached hydrogens (tertiary/aromatic N) is 2. The van der Waals surface area contributed by atoms with Gasteiger partial charge in [-0.2, -0.15) is 0 Å². The van der Waals surface area contributed by atoms with E-state index in [1.54, 1.807) is 0 Å². The molecule has 2 N–H and O–H groups in total. The lowest BCUT2D eigenvalue weighted by Gasteiger charge is -2.28. The van der Waals surface area contributed by atoms with E-state index in [-0.39, 0.29) is 0 Å². The lowest BCUT2D eigenvalue weighted by Crippen LogP contribution is -2.36. The summed E-state index contributed by atoms with van der Waals surface area (Å²) >= 11 is 0. The van der Waals surface area contributed by atoms with E-state index >= 15 is 0 Å². The molecule has 6 nitrogen and oxygen atoms in total. The van der Waals surface area contributed by atoms with Gasteiger partial charge < -0.3 is 19.8 Å². The third-order valence-electron chi connectivity index (χ3n) is 3.54. The second kappa shape index (κ2) is 5.24. The van der Waals surface area contributed by atoms with Gasteiger partial charge in [0.15, 0.2) is 0 Å². The van der Waals surface area contributed by atoms with Crippen molar-refractivity contribution in [1.82, 2.24) is 15.5 Å². The molecule has 1 saturated heterocycles. The average Bonchev–Trinajstić information content (AvgIpc) is 3.10. The standard InChI is InChI=1S/C12H20N4O2/c1-8-7-17-5-4-10(8)14-12-16-15-11(18-12)6-13-9-2-3-9/h8-10,13H,2-7H2,1H3,(H,14,16). The molecule has 1 aromatic rings. The van der Waals surface area contributed by atoms with Gasteiger partial charge in [0.05, 0.1) is 13.2 Å². The van der Waals surface area contributed by atoms with Gasteiger partial charge in [-0.25, -0.2) is 0 Å². The number of rotatable bonds is 5. The molecule has 0 amide bonds. The quantitative estimate of drug-likeness (QED) is 0.819. The lowest BCUT2D eigenvalue weighted by molar-refractivity contribution is 0.0532. The summed E-state index contributed by atoms with van der Waals surface area (Å²) in [7, 11) is 0.